The molecule has 4 aromatic rings. The fourth-order valence-electron chi connectivity index (χ4n) is 3.12. The number of rotatable bonds is 8. The van der Waals surface area contributed by atoms with Gasteiger partial charge in [-0.25, -0.2) is 14.4 Å². The van der Waals surface area contributed by atoms with Crippen LogP contribution in [0.15, 0.2) is 67.1 Å². The molecule has 4 rings (SSSR count). The number of primary amides is 2. The Bertz CT molecular complexity index is 1420. The van der Waals surface area contributed by atoms with Crippen molar-refractivity contribution in [3.8, 4) is 17.1 Å². The fourth-order valence-corrected chi connectivity index (χ4v) is 3.29. The number of ether oxygens (including phenoxy) is 1. The molecule has 11 heteroatoms. The van der Waals surface area contributed by atoms with Gasteiger partial charge in [0.25, 0.3) is 5.91 Å². The van der Waals surface area contributed by atoms with Crippen molar-refractivity contribution < 1.29 is 18.7 Å². The summed E-state index contributed by atoms with van der Waals surface area (Å²) < 4.78 is 20.3. The number of hydrogen-bond acceptors (Lipinski definition) is 7. The molecule has 0 radical (unpaired) electrons. The highest BCUT2D eigenvalue weighted by Crippen LogP contribution is 2.31. The number of nitrogens with zero attached hydrogens (tertiary/aromatic N) is 3. The van der Waals surface area contributed by atoms with E-state index < -0.39 is 17.6 Å². The molecule has 2 heterocycles. The van der Waals surface area contributed by atoms with E-state index in [1.165, 1.54) is 42.9 Å². The molecule has 2 aromatic carbocycles. The molecule has 0 saturated carbocycles. The van der Waals surface area contributed by atoms with Crippen LogP contribution in [0, 0.1) is 5.82 Å². The van der Waals surface area contributed by atoms with Crippen LogP contribution >= 0.6 is 11.6 Å². The smallest absolute Gasteiger partial charge is 0.252 e. The molecule has 2 amide bonds. The Morgan fingerprint density at radius 3 is 2.51 bits per heavy atom. The number of pyridine rings is 1. The minimum Gasteiger partial charge on any atom is -0.483 e. The SMILES string of the molecule is NC(=O)c1ccc(COc2cnc(-c3cc(Cl)ccc3F)nc2Nc2ccncc2C(N)=O)cc1. The van der Waals surface area contributed by atoms with Gasteiger partial charge in [0.05, 0.1) is 23.0 Å². The van der Waals surface area contributed by atoms with Crippen molar-refractivity contribution in [1.82, 2.24) is 15.0 Å². The van der Waals surface area contributed by atoms with E-state index in [4.69, 9.17) is 27.8 Å². The van der Waals surface area contributed by atoms with Crippen LogP contribution in [-0.4, -0.2) is 26.8 Å². The number of benzene rings is 2. The molecule has 0 bridgehead atoms. The maximum absolute atomic E-state index is 14.5. The van der Waals surface area contributed by atoms with Gasteiger partial charge in [0.15, 0.2) is 17.4 Å². The fraction of sp³-hybridized carbons (Fsp3) is 0.0417. The second-order valence-electron chi connectivity index (χ2n) is 7.29. The zero-order valence-corrected chi connectivity index (χ0v) is 18.8. The van der Waals surface area contributed by atoms with E-state index in [0.717, 1.165) is 5.56 Å². The molecule has 176 valence electrons. The standard InChI is InChI=1S/C24H18ClFN6O3/c25-15-5-6-18(26)16(9-15)23-30-11-20(35-12-13-1-3-14(4-2-13)21(27)33)24(32-23)31-19-7-8-29-10-17(19)22(28)34/h1-11H,12H2,(H2,27,33)(H2,28,34)(H,29,30,31,32). The number of hydrogen-bond donors (Lipinski definition) is 3. The zero-order valence-electron chi connectivity index (χ0n) is 18.0. The minimum absolute atomic E-state index is 0.0420. The van der Waals surface area contributed by atoms with E-state index in [2.05, 4.69) is 20.3 Å². The van der Waals surface area contributed by atoms with Gasteiger partial charge < -0.3 is 21.5 Å². The molecular weight excluding hydrogens is 475 g/mol. The van der Waals surface area contributed by atoms with Crippen molar-refractivity contribution in [3.05, 3.63) is 94.7 Å². The van der Waals surface area contributed by atoms with Crippen molar-refractivity contribution in [2.24, 2.45) is 11.5 Å². The van der Waals surface area contributed by atoms with E-state index in [-0.39, 0.29) is 35.1 Å². The van der Waals surface area contributed by atoms with Crippen LogP contribution in [0.1, 0.15) is 26.3 Å². The predicted molar refractivity (Wildman–Crippen MR) is 128 cm³/mol. The lowest BCUT2D eigenvalue weighted by Gasteiger charge is -2.15. The molecule has 0 aliphatic carbocycles. The van der Waals surface area contributed by atoms with Crippen molar-refractivity contribution in [2.75, 3.05) is 5.32 Å². The summed E-state index contributed by atoms with van der Waals surface area (Å²) in [5, 5.41) is 3.30. The van der Waals surface area contributed by atoms with Gasteiger partial charge in [0.2, 0.25) is 5.91 Å². The first-order chi connectivity index (χ1) is 16.8. The van der Waals surface area contributed by atoms with Gasteiger partial charge in [0, 0.05) is 23.0 Å². The Labute approximate surface area is 203 Å². The van der Waals surface area contributed by atoms with Gasteiger partial charge in [-0.2, -0.15) is 0 Å². The molecule has 0 saturated heterocycles. The van der Waals surface area contributed by atoms with Crippen molar-refractivity contribution in [2.45, 2.75) is 6.61 Å². The number of carbonyl (C=O) groups is 2. The van der Waals surface area contributed by atoms with Gasteiger partial charge in [-0.15, -0.1) is 0 Å². The third-order valence-corrected chi connectivity index (χ3v) is 5.13. The Balaban J connectivity index is 1.70. The first-order valence-corrected chi connectivity index (χ1v) is 10.5. The maximum atomic E-state index is 14.5. The van der Waals surface area contributed by atoms with Gasteiger partial charge in [-0.1, -0.05) is 23.7 Å². The van der Waals surface area contributed by atoms with E-state index in [1.807, 2.05) is 0 Å². The average Bonchev–Trinajstić information content (AvgIpc) is 2.85. The Kier molecular flexibility index (Phi) is 6.83. The molecule has 5 N–H and O–H groups in total. The Morgan fingerprint density at radius 1 is 1.03 bits per heavy atom. The summed E-state index contributed by atoms with van der Waals surface area (Å²) >= 11 is 6.02. The third kappa shape index (κ3) is 5.50. The lowest BCUT2D eigenvalue weighted by atomic mass is 10.1. The molecule has 0 aliphatic rings. The molecule has 0 atom stereocenters. The molecular formula is C24H18ClFN6O3. The van der Waals surface area contributed by atoms with Crippen LogP contribution in [0.4, 0.5) is 15.9 Å². The normalized spacial score (nSPS) is 10.6. The molecule has 0 fully saturated rings. The van der Waals surface area contributed by atoms with E-state index in [0.29, 0.717) is 16.3 Å². The lowest BCUT2D eigenvalue weighted by Crippen LogP contribution is -2.14. The highest BCUT2D eigenvalue weighted by molar-refractivity contribution is 6.30. The van der Waals surface area contributed by atoms with E-state index in [1.54, 1.807) is 24.3 Å². The van der Waals surface area contributed by atoms with Gasteiger partial charge in [-0.05, 0) is 42.0 Å². The monoisotopic (exact) mass is 492 g/mol. The van der Waals surface area contributed by atoms with Crippen LogP contribution in [0.2, 0.25) is 5.02 Å². The van der Waals surface area contributed by atoms with Crippen molar-refractivity contribution in [3.63, 3.8) is 0 Å². The molecule has 2 aromatic heterocycles. The van der Waals surface area contributed by atoms with E-state index in [9.17, 15) is 14.0 Å². The van der Waals surface area contributed by atoms with Gasteiger partial charge >= 0.3 is 0 Å². The third-order valence-electron chi connectivity index (χ3n) is 4.90. The highest BCUT2D eigenvalue weighted by Gasteiger charge is 2.17. The summed E-state index contributed by atoms with van der Waals surface area (Å²) in [6.45, 7) is 0.0982. The number of halogens is 2. The highest BCUT2D eigenvalue weighted by atomic mass is 35.5. The number of amides is 2. The summed E-state index contributed by atoms with van der Waals surface area (Å²) in [6.07, 6.45) is 4.15. The second-order valence-corrected chi connectivity index (χ2v) is 7.73. The van der Waals surface area contributed by atoms with Gasteiger partial charge in [0.1, 0.15) is 12.4 Å². The summed E-state index contributed by atoms with van der Waals surface area (Å²) in [6, 6.07) is 12.1. The Morgan fingerprint density at radius 2 is 1.80 bits per heavy atom. The predicted octanol–water partition coefficient (Wildman–Crippen LogP) is 3.85. The van der Waals surface area contributed by atoms with Crippen molar-refractivity contribution >= 4 is 34.9 Å². The van der Waals surface area contributed by atoms with Crippen LogP contribution in [-0.2, 0) is 6.61 Å². The second kappa shape index (κ2) is 10.1. The summed E-state index contributed by atoms with van der Waals surface area (Å²) in [5.41, 5.74) is 12.4. The summed E-state index contributed by atoms with van der Waals surface area (Å²) in [5.74, 6) is -1.40. The topological polar surface area (TPSA) is 146 Å². The number of nitrogens with one attached hydrogen (secondary N) is 1. The van der Waals surface area contributed by atoms with Gasteiger partial charge in [-0.3, -0.25) is 14.6 Å². The first-order valence-electron chi connectivity index (χ1n) is 10.2. The zero-order chi connectivity index (χ0) is 24.9. The quantitative estimate of drug-likeness (QED) is 0.338. The van der Waals surface area contributed by atoms with Crippen LogP contribution < -0.4 is 21.5 Å². The van der Waals surface area contributed by atoms with Crippen molar-refractivity contribution in [1.29, 1.82) is 0 Å². The average molecular weight is 493 g/mol. The molecule has 0 unspecified atom stereocenters. The molecule has 0 spiro atoms. The molecule has 0 aliphatic heterocycles. The minimum atomic E-state index is -0.701. The largest absolute Gasteiger partial charge is 0.483 e. The molecule has 9 nitrogen and oxygen atoms in total. The summed E-state index contributed by atoms with van der Waals surface area (Å²) in [7, 11) is 0. The van der Waals surface area contributed by atoms with Crippen LogP contribution in [0.3, 0.4) is 0 Å². The maximum Gasteiger partial charge on any atom is 0.252 e. The molecule has 35 heavy (non-hydrogen) atoms. The van der Waals surface area contributed by atoms with Crippen LogP contribution in [0.5, 0.6) is 5.75 Å². The number of anilines is 2. The van der Waals surface area contributed by atoms with Crippen LogP contribution in [0.25, 0.3) is 11.4 Å². The number of aromatic nitrogens is 3. The number of carbonyl (C=O) groups excluding carboxylic acids is 2. The first kappa shape index (κ1) is 23.6. The Hall–Kier alpha value is -4.57. The number of nitrogens with two attached hydrogens (primary N) is 2. The lowest BCUT2D eigenvalue weighted by molar-refractivity contribution is 0.0992. The van der Waals surface area contributed by atoms with E-state index >= 15 is 0 Å². The summed E-state index contributed by atoms with van der Waals surface area (Å²) in [4.78, 5) is 35.6.